The third-order valence-electron chi connectivity index (χ3n) is 4.65. The number of nitrogens with zero attached hydrogens (tertiary/aromatic N) is 1. The fourth-order valence-electron chi connectivity index (χ4n) is 3.03. The molecule has 0 fully saturated rings. The highest BCUT2D eigenvalue weighted by Gasteiger charge is 2.16. The lowest BCUT2D eigenvalue weighted by Crippen LogP contribution is -2.30. The van der Waals surface area contributed by atoms with Gasteiger partial charge in [0.25, 0.3) is 5.91 Å². The van der Waals surface area contributed by atoms with Crippen molar-refractivity contribution in [1.29, 1.82) is 0 Å². The molecule has 7 nitrogen and oxygen atoms in total. The van der Waals surface area contributed by atoms with Crippen LogP contribution < -0.4 is 20.4 Å². The zero-order valence-corrected chi connectivity index (χ0v) is 17.0. The summed E-state index contributed by atoms with van der Waals surface area (Å²) in [4.78, 5) is 29.2. The molecule has 0 aliphatic rings. The van der Waals surface area contributed by atoms with Crippen LogP contribution in [0.2, 0.25) is 0 Å². The zero-order valence-electron chi connectivity index (χ0n) is 17.0. The first-order valence-electron chi connectivity index (χ1n) is 9.65. The van der Waals surface area contributed by atoms with Crippen molar-refractivity contribution in [2.24, 2.45) is 0 Å². The molecule has 0 aliphatic heterocycles. The van der Waals surface area contributed by atoms with Gasteiger partial charge < -0.3 is 19.2 Å². The number of hydrogen-bond acceptors (Lipinski definition) is 6. The van der Waals surface area contributed by atoms with E-state index in [2.05, 4.69) is 10.3 Å². The van der Waals surface area contributed by atoms with Gasteiger partial charge in [-0.1, -0.05) is 18.2 Å². The molecular formula is C24H20N2O5. The average Bonchev–Trinajstić information content (AvgIpc) is 2.79. The number of fused-ring (bicyclic) bond motifs is 1. The molecule has 1 amide bonds. The first kappa shape index (κ1) is 20.2. The number of carbonyl (C=O) groups excluding carboxylic acids is 1. The Morgan fingerprint density at radius 3 is 2.52 bits per heavy atom. The van der Waals surface area contributed by atoms with E-state index in [1.54, 1.807) is 86.8 Å². The molecule has 0 saturated carbocycles. The van der Waals surface area contributed by atoms with Gasteiger partial charge in [-0.2, -0.15) is 0 Å². The second kappa shape index (κ2) is 8.71. The summed E-state index contributed by atoms with van der Waals surface area (Å²) in [7, 11) is 1.58. The summed E-state index contributed by atoms with van der Waals surface area (Å²) in [6.45, 7) is 1.66. The van der Waals surface area contributed by atoms with Gasteiger partial charge in [0.2, 0.25) is 5.89 Å². The molecule has 4 rings (SSSR count). The third-order valence-corrected chi connectivity index (χ3v) is 4.65. The van der Waals surface area contributed by atoms with Crippen LogP contribution in [-0.4, -0.2) is 24.1 Å². The number of rotatable bonds is 6. The van der Waals surface area contributed by atoms with Crippen molar-refractivity contribution < 1.29 is 18.7 Å². The molecule has 0 aliphatic carbocycles. The van der Waals surface area contributed by atoms with Crippen LogP contribution in [-0.2, 0) is 4.79 Å². The SMILES string of the molecule is COc1ccc(OC(C)C(=O)Nc2cccc(-c3nc4ccccc4c(=O)o3)c2)cc1. The van der Waals surface area contributed by atoms with Crippen molar-refractivity contribution in [3.63, 3.8) is 0 Å². The maximum Gasteiger partial charge on any atom is 0.347 e. The number of ether oxygens (including phenoxy) is 2. The number of carbonyl (C=O) groups is 1. The van der Waals surface area contributed by atoms with Crippen molar-refractivity contribution >= 4 is 22.5 Å². The minimum absolute atomic E-state index is 0.183. The summed E-state index contributed by atoms with van der Waals surface area (Å²) in [5, 5.41) is 3.23. The van der Waals surface area contributed by atoms with Crippen LogP contribution >= 0.6 is 0 Å². The minimum Gasteiger partial charge on any atom is -0.497 e. The molecule has 1 N–H and O–H groups in total. The van der Waals surface area contributed by atoms with Gasteiger partial charge >= 0.3 is 5.63 Å². The van der Waals surface area contributed by atoms with Crippen molar-refractivity contribution in [3.05, 3.63) is 83.2 Å². The van der Waals surface area contributed by atoms with E-state index in [1.165, 1.54) is 0 Å². The second-order valence-corrected chi connectivity index (χ2v) is 6.83. The first-order chi connectivity index (χ1) is 15.0. The van der Waals surface area contributed by atoms with Crippen LogP contribution in [0.5, 0.6) is 11.5 Å². The lowest BCUT2D eigenvalue weighted by Gasteiger charge is -2.15. The summed E-state index contributed by atoms with van der Waals surface area (Å²) in [6, 6.07) is 20.9. The zero-order chi connectivity index (χ0) is 21.8. The highest BCUT2D eigenvalue weighted by Crippen LogP contribution is 2.23. The van der Waals surface area contributed by atoms with E-state index in [-0.39, 0.29) is 11.8 Å². The van der Waals surface area contributed by atoms with E-state index in [0.717, 1.165) is 0 Å². The number of methoxy groups -OCH3 is 1. The molecule has 0 saturated heterocycles. The quantitative estimate of drug-likeness (QED) is 0.505. The average molecular weight is 416 g/mol. The standard InChI is InChI=1S/C24H20N2O5/c1-15(30-19-12-10-18(29-2)11-13-19)22(27)25-17-7-5-6-16(14-17)23-26-21-9-4-3-8-20(21)24(28)31-23/h3-15H,1-2H3,(H,25,27). The molecule has 4 aromatic rings. The van der Waals surface area contributed by atoms with Crippen LogP contribution in [0.25, 0.3) is 22.4 Å². The third kappa shape index (κ3) is 4.56. The first-order valence-corrected chi connectivity index (χ1v) is 9.65. The predicted molar refractivity (Wildman–Crippen MR) is 117 cm³/mol. The normalized spacial score (nSPS) is 11.7. The molecule has 31 heavy (non-hydrogen) atoms. The van der Waals surface area contributed by atoms with Gasteiger partial charge in [0, 0.05) is 11.3 Å². The van der Waals surface area contributed by atoms with Gasteiger partial charge in [0.05, 0.1) is 18.0 Å². The summed E-state index contributed by atoms with van der Waals surface area (Å²) in [5.74, 6) is 1.12. The molecule has 1 unspecified atom stereocenters. The molecule has 0 bridgehead atoms. The van der Waals surface area contributed by atoms with E-state index in [9.17, 15) is 9.59 Å². The lowest BCUT2D eigenvalue weighted by molar-refractivity contribution is -0.122. The number of amides is 1. The Kier molecular flexibility index (Phi) is 5.66. The topological polar surface area (TPSA) is 90.7 Å². The Labute approximate surface area is 178 Å². The summed E-state index contributed by atoms with van der Waals surface area (Å²) >= 11 is 0. The number of anilines is 1. The van der Waals surface area contributed by atoms with Gasteiger partial charge in [-0.3, -0.25) is 4.79 Å². The van der Waals surface area contributed by atoms with Crippen LogP contribution in [0, 0.1) is 0 Å². The van der Waals surface area contributed by atoms with Crippen LogP contribution in [0.3, 0.4) is 0 Å². The monoisotopic (exact) mass is 416 g/mol. The molecule has 7 heteroatoms. The Bertz CT molecular complexity index is 1280. The van der Waals surface area contributed by atoms with Gasteiger partial charge in [-0.05, 0) is 61.5 Å². The maximum absolute atomic E-state index is 12.6. The van der Waals surface area contributed by atoms with Crippen molar-refractivity contribution in [1.82, 2.24) is 4.98 Å². The number of nitrogens with one attached hydrogen (secondary N) is 1. The Morgan fingerprint density at radius 2 is 1.74 bits per heavy atom. The van der Waals surface area contributed by atoms with Crippen molar-refractivity contribution in [2.75, 3.05) is 12.4 Å². The van der Waals surface area contributed by atoms with E-state index in [4.69, 9.17) is 13.9 Å². The van der Waals surface area contributed by atoms with Crippen molar-refractivity contribution in [3.8, 4) is 23.0 Å². The maximum atomic E-state index is 12.6. The molecule has 0 spiro atoms. The highest BCUT2D eigenvalue weighted by molar-refractivity contribution is 5.94. The highest BCUT2D eigenvalue weighted by atomic mass is 16.5. The number of para-hydroxylation sites is 1. The summed E-state index contributed by atoms with van der Waals surface area (Å²) < 4.78 is 16.2. The number of aromatic nitrogens is 1. The van der Waals surface area contributed by atoms with Gasteiger partial charge in [-0.15, -0.1) is 0 Å². The second-order valence-electron chi connectivity index (χ2n) is 6.83. The van der Waals surface area contributed by atoms with E-state index in [0.29, 0.717) is 33.7 Å². The molecule has 0 radical (unpaired) electrons. The van der Waals surface area contributed by atoms with E-state index < -0.39 is 11.7 Å². The summed E-state index contributed by atoms with van der Waals surface area (Å²) in [5.41, 5.74) is 1.19. The van der Waals surface area contributed by atoms with E-state index in [1.807, 2.05) is 0 Å². The van der Waals surface area contributed by atoms with Gasteiger partial charge in [-0.25, -0.2) is 9.78 Å². The fourth-order valence-corrected chi connectivity index (χ4v) is 3.03. The Hall–Kier alpha value is -4.13. The predicted octanol–water partition coefficient (Wildman–Crippen LogP) is 4.27. The molecule has 1 atom stereocenters. The Balaban J connectivity index is 1.50. The fraction of sp³-hybridized carbons (Fsp3) is 0.125. The van der Waals surface area contributed by atoms with E-state index >= 15 is 0 Å². The van der Waals surface area contributed by atoms with Gasteiger partial charge in [0.15, 0.2) is 6.10 Å². The number of hydrogen-bond donors (Lipinski definition) is 1. The molecule has 1 aromatic heterocycles. The van der Waals surface area contributed by atoms with Gasteiger partial charge in [0.1, 0.15) is 11.5 Å². The molecule has 156 valence electrons. The van der Waals surface area contributed by atoms with Crippen molar-refractivity contribution in [2.45, 2.75) is 13.0 Å². The van der Waals surface area contributed by atoms with Crippen LogP contribution in [0.15, 0.2) is 82.0 Å². The Morgan fingerprint density at radius 1 is 1.00 bits per heavy atom. The molecule has 3 aromatic carbocycles. The number of benzene rings is 3. The molecule has 1 heterocycles. The van der Waals surface area contributed by atoms with Crippen LogP contribution in [0.1, 0.15) is 6.92 Å². The smallest absolute Gasteiger partial charge is 0.347 e. The largest absolute Gasteiger partial charge is 0.497 e. The molecular weight excluding hydrogens is 396 g/mol. The minimum atomic E-state index is -0.728. The van der Waals surface area contributed by atoms with Crippen LogP contribution in [0.4, 0.5) is 5.69 Å². The lowest BCUT2D eigenvalue weighted by atomic mass is 10.2. The summed E-state index contributed by atoms with van der Waals surface area (Å²) in [6.07, 6.45) is -0.728.